The van der Waals surface area contributed by atoms with Gasteiger partial charge in [-0.05, 0) is 63.2 Å². The molecule has 10 nitrogen and oxygen atoms in total. The number of rotatable bonds is 6. The van der Waals surface area contributed by atoms with Gasteiger partial charge in [0.05, 0.1) is 13.2 Å². The Kier molecular flexibility index (Phi) is 7.74. The SMILES string of the molecule is CC(C)(C)OC(=O)N1CCOC(COc2ccc(C(=O)Nc3c(C(N)=O)oc4ccc(Br)cc34)cc2)C1. The average Bonchev–Trinajstić information content (AvgIpc) is 3.20. The third-order valence-electron chi connectivity index (χ3n) is 5.46. The molecule has 1 atom stereocenters. The van der Waals surface area contributed by atoms with E-state index < -0.39 is 17.4 Å². The second kappa shape index (κ2) is 10.8. The summed E-state index contributed by atoms with van der Waals surface area (Å²) in [6.45, 7) is 6.89. The Hall–Kier alpha value is -3.57. The van der Waals surface area contributed by atoms with Crippen LogP contribution in [0.5, 0.6) is 5.75 Å². The van der Waals surface area contributed by atoms with Crippen molar-refractivity contribution in [3.05, 3.63) is 58.3 Å². The number of nitrogens with two attached hydrogens (primary N) is 1. The molecular formula is C26H28BrN3O7. The van der Waals surface area contributed by atoms with Crippen LogP contribution in [-0.2, 0) is 9.47 Å². The highest BCUT2D eigenvalue weighted by Crippen LogP contribution is 2.33. The molecule has 2 heterocycles. The van der Waals surface area contributed by atoms with E-state index in [-0.39, 0.29) is 30.3 Å². The fraction of sp³-hybridized carbons (Fsp3) is 0.346. The summed E-state index contributed by atoms with van der Waals surface area (Å²) >= 11 is 3.38. The van der Waals surface area contributed by atoms with Crippen LogP contribution in [0.1, 0.15) is 41.7 Å². The summed E-state index contributed by atoms with van der Waals surface area (Å²) < 4.78 is 23.3. The van der Waals surface area contributed by atoms with Gasteiger partial charge in [-0.2, -0.15) is 0 Å². The van der Waals surface area contributed by atoms with Crippen molar-refractivity contribution < 1.29 is 33.0 Å². The number of primary amides is 1. The lowest BCUT2D eigenvalue weighted by molar-refractivity contribution is -0.0557. The number of ether oxygens (including phenoxy) is 3. The van der Waals surface area contributed by atoms with Crippen molar-refractivity contribution in [3.63, 3.8) is 0 Å². The number of halogens is 1. The van der Waals surface area contributed by atoms with Gasteiger partial charge in [-0.1, -0.05) is 15.9 Å². The summed E-state index contributed by atoms with van der Waals surface area (Å²) in [4.78, 5) is 38.7. The average molecular weight is 574 g/mol. The molecule has 0 aliphatic carbocycles. The molecule has 4 rings (SSSR count). The fourth-order valence-electron chi connectivity index (χ4n) is 3.76. The van der Waals surface area contributed by atoms with Gasteiger partial charge in [0.2, 0.25) is 5.76 Å². The van der Waals surface area contributed by atoms with Crippen molar-refractivity contribution in [1.82, 2.24) is 4.90 Å². The molecule has 196 valence electrons. The molecular weight excluding hydrogens is 546 g/mol. The summed E-state index contributed by atoms with van der Waals surface area (Å²) in [5, 5.41) is 3.27. The lowest BCUT2D eigenvalue weighted by Crippen LogP contribution is -2.49. The molecule has 0 radical (unpaired) electrons. The first-order chi connectivity index (χ1) is 17.5. The smallest absolute Gasteiger partial charge is 0.410 e. The van der Waals surface area contributed by atoms with E-state index in [2.05, 4.69) is 21.2 Å². The Bertz CT molecular complexity index is 1310. The van der Waals surface area contributed by atoms with Crippen LogP contribution in [-0.4, -0.2) is 60.8 Å². The maximum atomic E-state index is 12.9. The standard InChI is InChI=1S/C26H28BrN3O7/c1-26(2,3)37-25(33)30-10-11-34-18(13-30)14-35-17-7-4-15(5-8-17)24(32)29-21-19-12-16(27)6-9-20(19)36-22(21)23(28)31/h4-9,12,18H,10-11,13-14H2,1-3H3,(H2,28,31)(H,29,32). The molecule has 1 fully saturated rings. The molecule has 1 saturated heterocycles. The van der Waals surface area contributed by atoms with E-state index in [0.717, 1.165) is 4.47 Å². The Morgan fingerprint density at radius 2 is 1.89 bits per heavy atom. The van der Waals surface area contributed by atoms with Crippen molar-refractivity contribution in [1.29, 1.82) is 0 Å². The van der Waals surface area contributed by atoms with E-state index in [1.54, 1.807) is 47.4 Å². The number of fused-ring (bicyclic) bond motifs is 1. The number of furan rings is 1. The second-order valence-electron chi connectivity index (χ2n) is 9.52. The van der Waals surface area contributed by atoms with E-state index in [4.69, 9.17) is 24.4 Å². The molecule has 0 saturated carbocycles. The van der Waals surface area contributed by atoms with E-state index in [1.807, 2.05) is 20.8 Å². The van der Waals surface area contributed by atoms with Gasteiger partial charge in [0.15, 0.2) is 0 Å². The third-order valence-corrected chi connectivity index (χ3v) is 5.95. The Balaban J connectivity index is 1.37. The van der Waals surface area contributed by atoms with Crippen LogP contribution in [0.3, 0.4) is 0 Å². The van der Waals surface area contributed by atoms with Crippen molar-refractivity contribution in [2.45, 2.75) is 32.5 Å². The fourth-order valence-corrected chi connectivity index (χ4v) is 4.12. The van der Waals surface area contributed by atoms with Gasteiger partial charge in [0, 0.05) is 22.0 Å². The summed E-state index contributed by atoms with van der Waals surface area (Å²) in [6, 6.07) is 11.7. The van der Waals surface area contributed by atoms with Crippen LogP contribution in [0.2, 0.25) is 0 Å². The van der Waals surface area contributed by atoms with Crippen LogP contribution in [0.4, 0.5) is 10.5 Å². The highest BCUT2D eigenvalue weighted by molar-refractivity contribution is 9.10. The number of carbonyl (C=O) groups excluding carboxylic acids is 3. The number of benzene rings is 2. The van der Waals surface area contributed by atoms with Crippen molar-refractivity contribution in [2.24, 2.45) is 5.73 Å². The molecule has 3 N–H and O–H groups in total. The minimum Gasteiger partial charge on any atom is -0.491 e. The van der Waals surface area contributed by atoms with E-state index in [0.29, 0.717) is 42.0 Å². The summed E-state index contributed by atoms with van der Waals surface area (Å²) in [5.74, 6) is -0.832. The first-order valence-electron chi connectivity index (χ1n) is 11.7. The molecule has 3 aromatic rings. The van der Waals surface area contributed by atoms with Crippen LogP contribution in [0.15, 0.2) is 51.4 Å². The number of morpholine rings is 1. The highest BCUT2D eigenvalue weighted by Gasteiger charge is 2.28. The van der Waals surface area contributed by atoms with E-state index in [9.17, 15) is 14.4 Å². The van der Waals surface area contributed by atoms with Crippen LogP contribution < -0.4 is 15.8 Å². The minimum atomic E-state index is -0.790. The van der Waals surface area contributed by atoms with Crippen molar-refractivity contribution >= 4 is 50.5 Å². The summed E-state index contributed by atoms with van der Waals surface area (Å²) in [7, 11) is 0. The van der Waals surface area contributed by atoms with Crippen molar-refractivity contribution in [3.8, 4) is 5.75 Å². The number of nitrogens with one attached hydrogen (secondary N) is 1. The predicted molar refractivity (Wildman–Crippen MR) is 140 cm³/mol. The zero-order valence-electron chi connectivity index (χ0n) is 20.7. The van der Waals surface area contributed by atoms with Crippen LogP contribution >= 0.6 is 15.9 Å². The van der Waals surface area contributed by atoms with Gasteiger partial charge in [0.25, 0.3) is 11.8 Å². The molecule has 1 aliphatic rings. The largest absolute Gasteiger partial charge is 0.491 e. The number of hydrogen-bond donors (Lipinski definition) is 2. The van der Waals surface area contributed by atoms with Gasteiger partial charge in [-0.3, -0.25) is 9.59 Å². The number of amides is 3. The third kappa shape index (κ3) is 6.60. The van der Waals surface area contributed by atoms with Gasteiger partial charge >= 0.3 is 6.09 Å². The number of carbonyl (C=O) groups is 3. The lowest BCUT2D eigenvalue weighted by Gasteiger charge is -2.34. The normalized spacial score (nSPS) is 15.9. The van der Waals surface area contributed by atoms with Crippen LogP contribution in [0.25, 0.3) is 11.0 Å². The Labute approximate surface area is 222 Å². The zero-order chi connectivity index (χ0) is 26.7. The van der Waals surface area contributed by atoms with E-state index >= 15 is 0 Å². The Morgan fingerprint density at radius 3 is 2.57 bits per heavy atom. The minimum absolute atomic E-state index is 0.130. The molecule has 0 bridgehead atoms. The first kappa shape index (κ1) is 26.5. The monoisotopic (exact) mass is 573 g/mol. The Morgan fingerprint density at radius 1 is 1.16 bits per heavy atom. The van der Waals surface area contributed by atoms with Crippen LogP contribution in [0, 0.1) is 0 Å². The molecule has 1 unspecified atom stereocenters. The van der Waals surface area contributed by atoms with Gasteiger partial charge in [-0.25, -0.2) is 4.79 Å². The van der Waals surface area contributed by atoms with E-state index in [1.165, 1.54) is 0 Å². The summed E-state index contributed by atoms with van der Waals surface area (Å²) in [5.41, 5.74) is 5.85. The number of hydrogen-bond acceptors (Lipinski definition) is 7. The maximum Gasteiger partial charge on any atom is 0.410 e. The topological polar surface area (TPSA) is 133 Å². The van der Waals surface area contributed by atoms with Gasteiger partial charge < -0.3 is 34.6 Å². The highest BCUT2D eigenvalue weighted by atomic mass is 79.9. The van der Waals surface area contributed by atoms with Gasteiger partial charge in [-0.15, -0.1) is 0 Å². The summed E-state index contributed by atoms with van der Waals surface area (Å²) in [6.07, 6.45) is -0.696. The molecule has 2 aromatic carbocycles. The molecule has 11 heteroatoms. The molecule has 37 heavy (non-hydrogen) atoms. The molecule has 1 aliphatic heterocycles. The molecule has 0 spiro atoms. The predicted octanol–water partition coefficient (Wildman–Crippen LogP) is 4.56. The molecule has 1 aromatic heterocycles. The van der Waals surface area contributed by atoms with Crippen molar-refractivity contribution in [2.75, 3.05) is 31.6 Å². The zero-order valence-corrected chi connectivity index (χ0v) is 22.3. The molecule has 3 amide bonds. The number of nitrogens with zero attached hydrogens (tertiary/aromatic N) is 1. The maximum absolute atomic E-state index is 12.9. The number of anilines is 1. The second-order valence-corrected chi connectivity index (χ2v) is 10.4. The quantitative estimate of drug-likeness (QED) is 0.441. The first-order valence-corrected chi connectivity index (χ1v) is 12.4. The van der Waals surface area contributed by atoms with Gasteiger partial charge in [0.1, 0.15) is 35.3 Å². The lowest BCUT2D eigenvalue weighted by atomic mass is 10.1.